The number of imidazole rings is 1. The van der Waals surface area contributed by atoms with Crippen molar-refractivity contribution in [2.24, 2.45) is 0 Å². The number of hydrogen-bond donors (Lipinski definition) is 2. The highest BCUT2D eigenvalue weighted by atomic mass is 16.5. The zero-order chi connectivity index (χ0) is 15.4. The first-order valence-electron chi connectivity index (χ1n) is 7.51. The van der Waals surface area contributed by atoms with E-state index in [4.69, 9.17) is 4.74 Å². The summed E-state index contributed by atoms with van der Waals surface area (Å²) >= 11 is 0. The number of ether oxygens (including phenoxy) is 1. The van der Waals surface area contributed by atoms with Crippen LogP contribution in [-0.2, 0) is 17.9 Å². The van der Waals surface area contributed by atoms with Gasteiger partial charge in [-0.1, -0.05) is 30.3 Å². The number of benzene rings is 1. The fourth-order valence-electron chi connectivity index (χ4n) is 2.57. The van der Waals surface area contributed by atoms with Crippen molar-refractivity contribution in [3.05, 3.63) is 42.4 Å². The Morgan fingerprint density at radius 1 is 1.36 bits per heavy atom. The standard InChI is InChI=1S/C16H20N4O2/c1-2-17-16(21)19-8-13-10-20-14(9-18-15(20)11-22-13)12-6-4-3-5-7-12/h3-7,9,13H,2,8,10-11H2,1H3,(H2,17,19,21)/t13-/m0/s1. The second kappa shape index (κ2) is 6.62. The van der Waals surface area contributed by atoms with Gasteiger partial charge in [-0.05, 0) is 12.5 Å². The van der Waals surface area contributed by atoms with Crippen LogP contribution in [-0.4, -0.2) is 34.8 Å². The first-order chi connectivity index (χ1) is 10.8. The third kappa shape index (κ3) is 3.12. The molecule has 0 radical (unpaired) electrons. The minimum Gasteiger partial charge on any atom is -0.367 e. The van der Waals surface area contributed by atoms with Crippen LogP contribution in [0.1, 0.15) is 12.7 Å². The van der Waals surface area contributed by atoms with Crippen LogP contribution in [0, 0.1) is 0 Å². The Balaban J connectivity index is 1.70. The van der Waals surface area contributed by atoms with Crippen LogP contribution >= 0.6 is 0 Å². The van der Waals surface area contributed by atoms with Gasteiger partial charge in [0.2, 0.25) is 0 Å². The van der Waals surface area contributed by atoms with Gasteiger partial charge in [0.25, 0.3) is 0 Å². The number of aromatic nitrogens is 2. The molecule has 0 fully saturated rings. The number of hydrogen-bond acceptors (Lipinski definition) is 3. The van der Waals surface area contributed by atoms with Gasteiger partial charge >= 0.3 is 6.03 Å². The smallest absolute Gasteiger partial charge is 0.314 e. The Bertz CT molecular complexity index is 639. The molecule has 0 unspecified atom stereocenters. The molecule has 0 saturated carbocycles. The van der Waals surface area contributed by atoms with Crippen LogP contribution in [0.3, 0.4) is 0 Å². The quantitative estimate of drug-likeness (QED) is 0.904. The molecule has 1 aromatic carbocycles. The molecule has 1 aliphatic rings. The first-order valence-corrected chi connectivity index (χ1v) is 7.51. The Kier molecular flexibility index (Phi) is 4.39. The predicted molar refractivity (Wildman–Crippen MR) is 83.3 cm³/mol. The lowest BCUT2D eigenvalue weighted by Crippen LogP contribution is -2.43. The molecule has 1 aromatic heterocycles. The van der Waals surface area contributed by atoms with Crippen molar-refractivity contribution < 1.29 is 9.53 Å². The second-order valence-electron chi connectivity index (χ2n) is 5.21. The molecule has 3 rings (SSSR count). The molecule has 0 aliphatic carbocycles. The van der Waals surface area contributed by atoms with E-state index in [2.05, 4.69) is 32.3 Å². The van der Waals surface area contributed by atoms with E-state index in [1.165, 1.54) is 0 Å². The van der Waals surface area contributed by atoms with E-state index in [1.54, 1.807) is 0 Å². The third-order valence-corrected chi connectivity index (χ3v) is 3.67. The molecule has 6 nitrogen and oxygen atoms in total. The summed E-state index contributed by atoms with van der Waals surface area (Å²) in [6.45, 7) is 4.14. The fraction of sp³-hybridized carbons (Fsp3) is 0.375. The molecule has 0 spiro atoms. The fourth-order valence-corrected chi connectivity index (χ4v) is 2.57. The number of amides is 2. The third-order valence-electron chi connectivity index (χ3n) is 3.67. The molecule has 0 saturated heterocycles. The lowest BCUT2D eigenvalue weighted by Gasteiger charge is -2.26. The van der Waals surface area contributed by atoms with Crippen molar-refractivity contribution in [1.29, 1.82) is 0 Å². The first kappa shape index (κ1) is 14.6. The Morgan fingerprint density at radius 3 is 2.95 bits per heavy atom. The maximum Gasteiger partial charge on any atom is 0.314 e. The van der Waals surface area contributed by atoms with Gasteiger partial charge in [-0.3, -0.25) is 0 Å². The van der Waals surface area contributed by atoms with Crippen molar-refractivity contribution in [1.82, 2.24) is 20.2 Å². The Hall–Kier alpha value is -2.34. The zero-order valence-corrected chi connectivity index (χ0v) is 12.6. The zero-order valence-electron chi connectivity index (χ0n) is 12.6. The number of nitrogens with one attached hydrogen (secondary N) is 2. The molecule has 2 heterocycles. The van der Waals surface area contributed by atoms with Crippen LogP contribution in [0.25, 0.3) is 11.3 Å². The molecule has 2 aromatic rings. The molecule has 2 amide bonds. The van der Waals surface area contributed by atoms with Gasteiger partial charge in [-0.2, -0.15) is 0 Å². The summed E-state index contributed by atoms with van der Waals surface area (Å²) in [5.74, 6) is 0.924. The van der Waals surface area contributed by atoms with E-state index >= 15 is 0 Å². The summed E-state index contributed by atoms with van der Waals surface area (Å²) in [6, 6.07) is 10.0. The maximum atomic E-state index is 11.5. The summed E-state index contributed by atoms with van der Waals surface area (Å²) < 4.78 is 7.93. The van der Waals surface area contributed by atoms with Gasteiger partial charge in [-0.25, -0.2) is 9.78 Å². The van der Waals surface area contributed by atoms with E-state index in [0.29, 0.717) is 26.2 Å². The lowest BCUT2D eigenvalue weighted by atomic mass is 10.1. The molecule has 1 aliphatic heterocycles. The number of fused-ring (bicyclic) bond motifs is 1. The van der Waals surface area contributed by atoms with E-state index in [0.717, 1.165) is 17.1 Å². The minimum atomic E-state index is -0.161. The average molecular weight is 300 g/mol. The van der Waals surface area contributed by atoms with Crippen molar-refractivity contribution in [3.63, 3.8) is 0 Å². The van der Waals surface area contributed by atoms with Crippen molar-refractivity contribution in [3.8, 4) is 11.3 Å². The molecular weight excluding hydrogens is 280 g/mol. The van der Waals surface area contributed by atoms with Crippen LogP contribution in [0.2, 0.25) is 0 Å². The molecular formula is C16H20N4O2. The Morgan fingerprint density at radius 2 is 2.18 bits per heavy atom. The largest absolute Gasteiger partial charge is 0.367 e. The summed E-state index contributed by atoms with van der Waals surface area (Å²) in [4.78, 5) is 15.9. The number of carbonyl (C=O) groups is 1. The van der Waals surface area contributed by atoms with Gasteiger partial charge in [0.15, 0.2) is 0 Å². The van der Waals surface area contributed by atoms with Gasteiger partial charge in [0.05, 0.1) is 24.5 Å². The van der Waals surface area contributed by atoms with Gasteiger partial charge < -0.3 is 19.9 Å². The monoisotopic (exact) mass is 300 g/mol. The molecule has 1 atom stereocenters. The van der Waals surface area contributed by atoms with Gasteiger partial charge in [0.1, 0.15) is 12.4 Å². The van der Waals surface area contributed by atoms with Crippen molar-refractivity contribution in [2.45, 2.75) is 26.2 Å². The van der Waals surface area contributed by atoms with Crippen LogP contribution in [0.15, 0.2) is 36.5 Å². The summed E-state index contributed by atoms with van der Waals surface area (Å²) in [6.07, 6.45) is 1.83. The summed E-state index contributed by atoms with van der Waals surface area (Å²) in [5.41, 5.74) is 2.22. The Labute approximate surface area is 129 Å². The highest BCUT2D eigenvalue weighted by Gasteiger charge is 2.23. The minimum absolute atomic E-state index is 0.0493. The van der Waals surface area contributed by atoms with Crippen molar-refractivity contribution in [2.75, 3.05) is 13.1 Å². The highest BCUT2D eigenvalue weighted by Crippen LogP contribution is 2.24. The number of carbonyl (C=O) groups excluding carboxylic acids is 1. The molecule has 116 valence electrons. The normalized spacial score (nSPS) is 16.9. The van der Waals surface area contributed by atoms with Crippen molar-refractivity contribution >= 4 is 6.03 Å². The molecule has 2 N–H and O–H groups in total. The van der Waals surface area contributed by atoms with E-state index in [9.17, 15) is 4.79 Å². The van der Waals surface area contributed by atoms with Crippen LogP contribution in [0.4, 0.5) is 4.79 Å². The van der Waals surface area contributed by atoms with Gasteiger partial charge in [-0.15, -0.1) is 0 Å². The van der Waals surface area contributed by atoms with E-state index < -0.39 is 0 Å². The topological polar surface area (TPSA) is 68.2 Å². The van der Waals surface area contributed by atoms with E-state index in [1.807, 2.05) is 31.3 Å². The number of rotatable bonds is 4. The second-order valence-corrected chi connectivity index (χ2v) is 5.21. The molecule has 22 heavy (non-hydrogen) atoms. The lowest BCUT2D eigenvalue weighted by molar-refractivity contribution is 0.00493. The number of urea groups is 1. The maximum absolute atomic E-state index is 11.5. The van der Waals surface area contributed by atoms with Gasteiger partial charge in [0, 0.05) is 13.1 Å². The van der Waals surface area contributed by atoms with Crippen LogP contribution < -0.4 is 10.6 Å². The van der Waals surface area contributed by atoms with Crippen LogP contribution in [0.5, 0.6) is 0 Å². The summed E-state index contributed by atoms with van der Waals surface area (Å²) in [5, 5.41) is 5.54. The number of nitrogens with zero attached hydrogens (tertiary/aromatic N) is 2. The van der Waals surface area contributed by atoms with E-state index in [-0.39, 0.29) is 12.1 Å². The SMILES string of the molecule is CCNC(=O)NC[C@H]1Cn2c(-c3ccccc3)cnc2CO1. The molecule has 6 heteroatoms. The average Bonchev–Trinajstić information content (AvgIpc) is 2.97. The predicted octanol–water partition coefficient (Wildman–Crippen LogP) is 1.77. The molecule has 0 bridgehead atoms. The summed E-state index contributed by atoms with van der Waals surface area (Å²) in [7, 11) is 0. The highest BCUT2D eigenvalue weighted by molar-refractivity contribution is 5.73.